The summed E-state index contributed by atoms with van der Waals surface area (Å²) in [5, 5.41) is 13.3. The van der Waals surface area contributed by atoms with E-state index in [9.17, 15) is 0 Å². The summed E-state index contributed by atoms with van der Waals surface area (Å²) in [5.74, 6) is 0. The average Bonchev–Trinajstić information content (AvgIpc) is 3.09. The zero-order valence-electron chi connectivity index (χ0n) is 8.92. The third kappa shape index (κ3) is 2.09. The standard InChI is InChI=1S/C13H10OS3/c14-8-9-3-4-12(17-9)13-10(5-7-16-13)11-2-1-6-15-11/h1-7,14H,8H2. The Bertz CT molecular complexity index is 604. The molecular weight excluding hydrogens is 268 g/mol. The summed E-state index contributed by atoms with van der Waals surface area (Å²) in [6.45, 7) is 0.129. The van der Waals surface area contributed by atoms with Crippen molar-refractivity contribution in [3.63, 3.8) is 0 Å². The van der Waals surface area contributed by atoms with Crippen molar-refractivity contribution < 1.29 is 5.11 Å². The number of aliphatic hydroxyl groups is 1. The van der Waals surface area contributed by atoms with Gasteiger partial charge in [-0.25, -0.2) is 0 Å². The minimum absolute atomic E-state index is 0.129. The first-order valence-corrected chi connectivity index (χ1v) is 7.77. The van der Waals surface area contributed by atoms with Crippen molar-refractivity contribution in [1.29, 1.82) is 0 Å². The van der Waals surface area contributed by atoms with E-state index in [-0.39, 0.29) is 6.61 Å². The Hall–Kier alpha value is -0.940. The second-order valence-electron chi connectivity index (χ2n) is 3.56. The fraction of sp³-hybridized carbons (Fsp3) is 0.0769. The first-order valence-electron chi connectivity index (χ1n) is 5.20. The van der Waals surface area contributed by atoms with Gasteiger partial charge in [-0.3, -0.25) is 0 Å². The molecule has 0 radical (unpaired) electrons. The molecule has 17 heavy (non-hydrogen) atoms. The molecule has 0 spiro atoms. The van der Waals surface area contributed by atoms with Gasteiger partial charge in [-0.05, 0) is 35.0 Å². The molecule has 3 heterocycles. The summed E-state index contributed by atoms with van der Waals surface area (Å²) in [4.78, 5) is 4.87. The molecule has 0 saturated heterocycles. The molecular formula is C13H10OS3. The number of thiophene rings is 3. The van der Waals surface area contributed by atoms with Crippen molar-refractivity contribution in [1.82, 2.24) is 0 Å². The normalized spacial score (nSPS) is 10.9. The van der Waals surface area contributed by atoms with Crippen molar-refractivity contribution >= 4 is 34.0 Å². The molecule has 0 aliphatic heterocycles. The molecule has 0 bridgehead atoms. The van der Waals surface area contributed by atoms with Crippen LogP contribution in [0.25, 0.3) is 20.2 Å². The van der Waals surface area contributed by atoms with Gasteiger partial charge in [0.1, 0.15) is 0 Å². The fourth-order valence-electron chi connectivity index (χ4n) is 1.71. The predicted octanol–water partition coefficient (Wildman–Crippen LogP) is 4.70. The highest BCUT2D eigenvalue weighted by Crippen LogP contribution is 2.41. The van der Waals surface area contributed by atoms with Crippen LogP contribution in [-0.4, -0.2) is 5.11 Å². The molecule has 3 rings (SSSR count). The van der Waals surface area contributed by atoms with E-state index in [1.807, 2.05) is 6.07 Å². The molecule has 0 aliphatic carbocycles. The fourth-order valence-corrected chi connectivity index (χ4v) is 4.45. The molecule has 0 amide bonds. The first-order chi connectivity index (χ1) is 8.38. The summed E-state index contributed by atoms with van der Waals surface area (Å²) < 4.78 is 0. The average molecular weight is 278 g/mol. The van der Waals surface area contributed by atoms with E-state index in [0.29, 0.717) is 0 Å². The summed E-state index contributed by atoms with van der Waals surface area (Å²) >= 11 is 5.19. The zero-order valence-corrected chi connectivity index (χ0v) is 11.4. The summed E-state index contributed by atoms with van der Waals surface area (Å²) in [6, 6.07) is 10.5. The Morgan fingerprint density at radius 2 is 1.88 bits per heavy atom. The summed E-state index contributed by atoms with van der Waals surface area (Å²) in [6.07, 6.45) is 0. The molecule has 3 aromatic heterocycles. The van der Waals surface area contributed by atoms with Gasteiger partial charge in [0.05, 0.1) is 11.5 Å². The van der Waals surface area contributed by atoms with E-state index in [2.05, 4.69) is 35.0 Å². The predicted molar refractivity (Wildman–Crippen MR) is 76.9 cm³/mol. The van der Waals surface area contributed by atoms with Crippen LogP contribution in [0.2, 0.25) is 0 Å². The molecule has 0 unspecified atom stereocenters. The zero-order chi connectivity index (χ0) is 11.7. The highest BCUT2D eigenvalue weighted by Gasteiger charge is 2.11. The van der Waals surface area contributed by atoms with Crippen molar-refractivity contribution in [2.75, 3.05) is 0 Å². The molecule has 0 fully saturated rings. The van der Waals surface area contributed by atoms with E-state index in [1.54, 1.807) is 34.0 Å². The van der Waals surface area contributed by atoms with Crippen LogP contribution in [-0.2, 0) is 6.61 Å². The minimum Gasteiger partial charge on any atom is -0.391 e. The van der Waals surface area contributed by atoms with Gasteiger partial charge >= 0.3 is 0 Å². The third-order valence-electron chi connectivity index (χ3n) is 2.49. The van der Waals surface area contributed by atoms with Crippen LogP contribution in [0.3, 0.4) is 0 Å². The van der Waals surface area contributed by atoms with Gasteiger partial charge in [0.25, 0.3) is 0 Å². The van der Waals surface area contributed by atoms with Crippen LogP contribution in [0.4, 0.5) is 0 Å². The molecule has 0 aromatic carbocycles. The molecule has 0 saturated carbocycles. The van der Waals surface area contributed by atoms with Crippen molar-refractivity contribution in [3.8, 4) is 20.2 Å². The Morgan fingerprint density at radius 3 is 2.59 bits per heavy atom. The van der Waals surface area contributed by atoms with Crippen molar-refractivity contribution in [3.05, 3.63) is 46.0 Å². The van der Waals surface area contributed by atoms with Crippen LogP contribution >= 0.6 is 34.0 Å². The second kappa shape index (κ2) is 4.74. The van der Waals surface area contributed by atoms with Crippen LogP contribution in [0, 0.1) is 0 Å². The molecule has 0 aliphatic rings. The lowest BCUT2D eigenvalue weighted by Crippen LogP contribution is -1.71. The van der Waals surface area contributed by atoms with Gasteiger partial charge in [-0.2, -0.15) is 0 Å². The molecule has 1 N–H and O–H groups in total. The minimum atomic E-state index is 0.129. The molecule has 1 nitrogen and oxygen atoms in total. The van der Waals surface area contributed by atoms with Crippen LogP contribution in [0.15, 0.2) is 41.1 Å². The lowest BCUT2D eigenvalue weighted by Gasteiger charge is -1.98. The first kappa shape index (κ1) is 11.2. The van der Waals surface area contributed by atoms with Gasteiger partial charge in [0.15, 0.2) is 0 Å². The molecule has 4 heteroatoms. The van der Waals surface area contributed by atoms with Crippen LogP contribution < -0.4 is 0 Å². The van der Waals surface area contributed by atoms with Gasteiger partial charge in [-0.1, -0.05) is 6.07 Å². The lowest BCUT2D eigenvalue weighted by atomic mass is 10.2. The quantitative estimate of drug-likeness (QED) is 0.736. The molecule has 0 atom stereocenters. The Morgan fingerprint density at radius 1 is 0.941 bits per heavy atom. The van der Waals surface area contributed by atoms with E-state index in [0.717, 1.165) is 4.88 Å². The molecule has 3 aromatic rings. The van der Waals surface area contributed by atoms with Gasteiger partial charge in [0, 0.05) is 20.2 Å². The summed E-state index contributed by atoms with van der Waals surface area (Å²) in [7, 11) is 0. The third-order valence-corrected chi connectivity index (χ3v) is 5.56. The van der Waals surface area contributed by atoms with Crippen LogP contribution in [0.5, 0.6) is 0 Å². The maximum absolute atomic E-state index is 9.12. The number of hydrogen-bond donors (Lipinski definition) is 1. The second-order valence-corrected chi connectivity index (χ2v) is 6.60. The Kier molecular flexibility index (Phi) is 3.11. The van der Waals surface area contributed by atoms with Crippen LogP contribution in [0.1, 0.15) is 4.88 Å². The van der Waals surface area contributed by atoms with E-state index in [1.165, 1.54) is 20.2 Å². The maximum Gasteiger partial charge on any atom is 0.0774 e. The summed E-state index contributed by atoms with van der Waals surface area (Å²) in [5.41, 5.74) is 1.30. The van der Waals surface area contributed by atoms with Gasteiger partial charge in [0.2, 0.25) is 0 Å². The number of rotatable bonds is 3. The lowest BCUT2D eigenvalue weighted by molar-refractivity contribution is 0.285. The molecule has 86 valence electrons. The van der Waals surface area contributed by atoms with Gasteiger partial charge in [-0.15, -0.1) is 34.0 Å². The van der Waals surface area contributed by atoms with E-state index in [4.69, 9.17) is 5.11 Å². The highest BCUT2D eigenvalue weighted by molar-refractivity contribution is 7.22. The largest absolute Gasteiger partial charge is 0.391 e. The van der Waals surface area contributed by atoms with Crippen molar-refractivity contribution in [2.24, 2.45) is 0 Å². The van der Waals surface area contributed by atoms with Gasteiger partial charge < -0.3 is 5.11 Å². The monoisotopic (exact) mass is 278 g/mol. The van der Waals surface area contributed by atoms with Crippen molar-refractivity contribution in [2.45, 2.75) is 6.61 Å². The number of aliphatic hydroxyl groups excluding tert-OH is 1. The maximum atomic E-state index is 9.12. The van der Waals surface area contributed by atoms with E-state index >= 15 is 0 Å². The SMILES string of the molecule is OCc1ccc(-c2sccc2-c2cccs2)s1. The topological polar surface area (TPSA) is 20.2 Å². The Labute approximate surface area is 112 Å². The Balaban J connectivity index is 2.07. The highest BCUT2D eigenvalue weighted by atomic mass is 32.1. The smallest absolute Gasteiger partial charge is 0.0774 e. The number of hydrogen-bond acceptors (Lipinski definition) is 4. The van der Waals surface area contributed by atoms with E-state index < -0.39 is 0 Å².